The molecule has 2 fully saturated rings. The van der Waals surface area contributed by atoms with E-state index in [0.29, 0.717) is 12.8 Å². The summed E-state index contributed by atoms with van der Waals surface area (Å²) < 4.78 is 39.8. The molecule has 2 aliphatic heterocycles. The normalized spacial score (nSPS) is 23.8. The van der Waals surface area contributed by atoms with Crippen LogP contribution in [-0.2, 0) is 28.7 Å². The molecule has 0 radical (unpaired) electrons. The van der Waals surface area contributed by atoms with Crippen molar-refractivity contribution in [3.63, 3.8) is 0 Å². The lowest BCUT2D eigenvalue weighted by atomic mass is 9.98. The smallest absolute Gasteiger partial charge is 0.408 e. The maximum absolute atomic E-state index is 15.1. The van der Waals surface area contributed by atoms with Gasteiger partial charge in [-0.2, -0.15) is 8.78 Å². The Balaban J connectivity index is 2.09. The number of carbonyl (C=O) groups excluding carboxylic acids is 5. The number of likely N-dealkylation sites (tertiary alicyclic amines) is 1. The molecule has 0 aromatic rings. The summed E-state index contributed by atoms with van der Waals surface area (Å²) in [6, 6.07) is -4.40. The minimum absolute atomic E-state index is 0.0624. The fourth-order valence-corrected chi connectivity index (χ4v) is 3.93. The standard InChI is InChI=1S/C23H36F2N4O8/c1-12(2)16(28-20(34)37-21(4,5)6)18(32)26-13(3)17(31)27-14-11-15(30)36-23(14,35)22(24,25)19(33)29-9-7-8-10-29/h12-14,16,35H,7-11H2,1-6H3,(H,26,32)(H,27,31)(H,28,34)/t13-,14-,16-,23?/m0/s1. The first-order valence-electron chi connectivity index (χ1n) is 12.1. The number of halogens is 2. The lowest BCUT2D eigenvalue weighted by molar-refractivity contribution is -0.288. The molecule has 0 bridgehead atoms. The molecule has 1 unspecified atom stereocenters. The second-order valence-corrected chi connectivity index (χ2v) is 10.6. The van der Waals surface area contributed by atoms with Gasteiger partial charge < -0.3 is 35.4 Å². The van der Waals surface area contributed by atoms with Gasteiger partial charge >= 0.3 is 23.8 Å². The number of ether oxygens (including phenoxy) is 2. The summed E-state index contributed by atoms with van der Waals surface area (Å²) >= 11 is 0. The highest BCUT2D eigenvalue weighted by atomic mass is 19.3. The molecule has 2 rings (SSSR count). The number of hydrogen-bond acceptors (Lipinski definition) is 8. The van der Waals surface area contributed by atoms with Crippen molar-refractivity contribution in [3.8, 4) is 0 Å². The van der Waals surface area contributed by atoms with E-state index >= 15 is 8.78 Å². The summed E-state index contributed by atoms with van der Waals surface area (Å²) in [6.07, 6.45) is -0.648. The van der Waals surface area contributed by atoms with Gasteiger partial charge in [0.2, 0.25) is 11.8 Å². The quantitative estimate of drug-likeness (QED) is 0.326. The van der Waals surface area contributed by atoms with Crippen LogP contribution in [0.5, 0.6) is 0 Å². The summed E-state index contributed by atoms with van der Waals surface area (Å²) in [5.74, 6) is -13.3. The highest BCUT2D eigenvalue weighted by Gasteiger charge is 2.70. The molecule has 2 aliphatic rings. The SMILES string of the molecule is CC(C)[C@H](NC(=O)OC(C)(C)C)C(=O)N[C@@H](C)C(=O)N[C@H]1CC(=O)OC1(O)C(F)(F)C(=O)N1CCCC1. The van der Waals surface area contributed by atoms with Gasteiger partial charge in [0.25, 0.3) is 5.91 Å². The number of cyclic esters (lactones) is 1. The van der Waals surface area contributed by atoms with Crippen LogP contribution in [0, 0.1) is 5.92 Å². The van der Waals surface area contributed by atoms with Crippen LogP contribution >= 0.6 is 0 Å². The second kappa shape index (κ2) is 11.2. The highest BCUT2D eigenvalue weighted by molar-refractivity contribution is 5.92. The van der Waals surface area contributed by atoms with E-state index in [1.807, 2.05) is 0 Å². The first-order valence-corrected chi connectivity index (χ1v) is 12.1. The number of rotatable bonds is 8. The maximum atomic E-state index is 15.1. The van der Waals surface area contributed by atoms with Crippen LogP contribution in [0.3, 0.4) is 0 Å². The lowest BCUT2D eigenvalue weighted by Crippen LogP contribution is -2.66. The fraction of sp³-hybridized carbons (Fsp3) is 0.783. The Bertz CT molecular complexity index is 917. The van der Waals surface area contributed by atoms with Crippen LogP contribution in [0.25, 0.3) is 0 Å². The van der Waals surface area contributed by atoms with Crippen molar-refractivity contribution in [1.29, 1.82) is 0 Å². The monoisotopic (exact) mass is 534 g/mol. The number of nitrogens with one attached hydrogen (secondary N) is 3. The predicted molar refractivity (Wildman–Crippen MR) is 124 cm³/mol. The summed E-state index contributed by atoms with van der Waals surface area (Å²) in [6.45, 7) is 9.59. The van der Waals surface area contributed by atoms with Gasteiger partial charge in [-0.15, -0.1) is 0 Å². The van der Waals surface area contributed by atoms with Gasteiger partial charge in [-0.3, -0.25) is 19.2 Å². The fourth-order valence-electron chi connectivity index (χ4n) is 3.93. The van der Waals surface area contributed by atoms with E-state index in [1.165, 1.54) is 6.92 Å². The lowest BCUT2D eigenvalue weighted by Gasteiger charge is -2.36. The number of alkyl carbamates (subject to hydrolysis) is 1. The number of aliphatic hydroxyl groups is 1. The molecule has 2 saturated heterocycles. The molecule has 12 nitrogen and oxygen atoms in total. The number of esters is 1. The van der Waals surface area contributed by atoms with E-state index in [0.717, 1.165) is 4.90 Å². The minimum Gasteiger partial charge on any atom is -0.444 e. The van der Waals surface area contributed by atoms with E-state index < -0.39 is 77.6 Å². The Morgan fingerprint density at radius 1 is 1.08 bits per heavy atom. The van der Waals surface area contributed by atoms with Gasteiger partial charge in [0.05, 0.1) is 6.42 Å². The van der Waals surface area contributed by atoms with Crippen molar-refractivity contribution in [2.75, 3.05) is 13.1 Å². The van der Waals surface area contributed by atoms with Gasteiger partial charge in [-0.05, 0) is 46.5 Å². The Morgan fingerprint density at radius 3 is 2.16 bits per heavy atom. The number of hydrogen-bond donors (Lipinski definition) is 4. The van der Waals surface area contributed by atoms with Crippen molar-refractivity contribution in [2.45, 2.75) is 96.2 Å². The molecule has 37 heavy (non-hydrogen) atoms. The average Bonchev–Trinajstić information content (AvgIpc) is 3.38. The first kappa shape index (κ1) is 30.2. The van der Waals surface area contributed by atoms with Gasteiger partial charge in [0.1, 0.15) is 23.7 Å². The number of carbonyl (C=O) groups is 5. The van der Waals surface area contributed by atoms with Gasteiger partial charge in [-0.25, -0.2) is 4.79 Å². The Hall–Kier alpha value is -3.03. The average molecular weight is 535 g/mol. The van der Waals surface area contributed by atoms with E-state index in [4.69, 9.17) is 4.74 Å². The van der Waals surface area contributed by atoms with Crippen molar-refractivity contribution < 1.29 is 47.3 Å². The van der Waals surface area contributed by atoms with Crippen LogP contribution in [0.2, 0.25) is 0 Å². The molecule has 0 aliphatic carbocycles. The van der Waals surface area contributed by atoms with Crippen LogP contribution in [0.1, 0.15) is 60.8 Å². The van der Waals surface area contributed by atoms with Crippen molar-refractivity contribution in [3.05, 3.63) is 0 Å². The van der Waals surface area contributed by atoms with Gasteiger partial charge in [0, 0.05) is 13.1 Å². The maximum Gasteiger partial charge on any atom is 0.408 e. The molecule has 4 N–H and O–H groups in total. The molecule has 4 atom stereocenters. The molecule has 14 heteroatoms. The van der Waals surface area contributed by atoms with Crippen LogP contribution < -0.4 is 16.0 Å². The van der Waals surface area contributed by atoms with E-state index in [2.05, 4.69) is 20.7 Å². The molecule has 4 amide bonds. The van der Waals surface area contributed by atoms with E-state index in [9.17, 15) is 29.1 Å². The van der Waals surface area contributed by atoms with Gasteiger partial charge in [-0.1, -0.05) is 13.8 Å². The zero-order chi connectivity index (χ0) is 28.3. The zero-order valence-corrected chi connectivity index (χ0v) is 21.9. The number of amides is 4. The molecule has 2 heterocycles. The Kier molecular flexibility index (Phi) is 9.10. The first-order chi connectivity index (χ1) is 16.9. The molecule has 0 aromatic carbocycles. The predicted octanol–water partition coefficient (Wildman–Crippen LogP) is 0.418. The summed E-state index contributed by atoms with van der Waals surface area (Å²) in [5, 5.41) is 17.5. The Labute approximate surface area is 213 Å². The molecular weight excluding hydrogens is 498 g/mol. The molecule has 0 saturated carbocycles. The Morgan fingerprint density at radius 2 is 1.65 bits per heavy atom. The van der Waals surface area contributed by atoms with Crippen LogP contribution in [0.4, 0.5) is 13.6 Å². The van der Waals surface area contributed by atoms with Crippen LogP contribution in [0.15, 0.2) is 0 Å². The third kappa shape index (κ3) is 7.05. The van der Waals surface area contributed by atoms with Crippen molar-refractivity contribution in [2.24, 2.45) is 5.92 Å². The molecule has 0 spiro atoms. The zero-order valence-electron chi connectivity index (χ0n) is 21.9. The third-order valence-corrected chi connectivity index (χ3v) is 5.91. The topological polar surface area (TPSA) is 163 Å². The third-order valence-electron chi connectivity index (χ3n) is 5.91. The van der Waals surface area contributed by atoms with Gasteiger partial charge in [0.15, 0.2) is 0 Å². The largest absolute Gasteiger partial charge is 0.444 e. The van der Waals surface area contributed by atoms with E-state index in [-0.39, 0.29) is 13.1 Å². The summed E-state index contributed by atoms with van der Waals surface area (Å²) in [4.78, 5) is 62.7. The van der Waals surface area contributed by atoms with Crippen LogP contribution in [-0.4, -0.2) is 88.3 Å². The molecule has 0 aromatic heterocycles. The highest BCUT2D eigenvalue weighted by Crippen LogP contribution is 2.40. The van der Waals surface area contributed by atoms with E-state index in [1.54, 1.807) is 34.6 Å². The number of alkyl halides is 2. The summed E-state index contributed by atoms with van der Waals surface area (Å²) in [7, 11) is 0. The van der Waals surface area contributed by atoms with Crippen molar-refractivity contribution in [1.82, 2.24) is 20.9 Å². The number of nitrogens with zero attached hydrogens (tertiary/aromatic N) is 1. The molecular formula is C23H36F2N4O8. The summed E-state index contributed by atoms with van der Waals surface area (Å²) in [5.41, 5.74) is -0.814. The second-order valence-electron chi connectivity index (χ2n) is 10.6. The van der Waals surface area contributed by atoms with Crippen molar-refractivity contribution >= 4 is 29.8 Å². The minimum atomic E-state index is -4.53. The molecule has 210 valence electrons.